The number of carbonyl (C=O) groups excluding carboxylic acids is 2. The summed E-state index contributed by atoms with van der Waals surface area (Å²) in [4.78, 5) is 26.0. The van der Waals surface area contributed by atoms with E-state index >= 15 is 0 Å². The minimum absolute atomic E-state index is 0.217. The molecule has 1 aromatic heterocycles. The number of likely N-dealkylation sites (tertiary alicyclic amines) is 1. The number of hydrogen-bond donors (Lipinski definition) is 3. The molecule has 1 aliphatic rings. The lowest BCUT2D eigenvalue weighted by Crippen LogP contribution is -2.48. The average Bonchev–Trinajstić information content (AvgIpc) is 3.06. The van der Waals surface area contributed by atoms with E-state index in [1.807, 2.05) is 10.3 Å². The van der Waals surface area contributed by atoms with Gasteiger partial charge in [0.2, 0.25) is 0 Å². The van der Waals surface area contributed by atoms with Gasteiger partial charge in [0.15, 0.2) is 0 Å². The van der Waals surface area contributed by atoms with Crippen molar-refractivity contribution in [3.63, 3.8) is 0 Å². The van der Waals surface area contributed by atoms with Gasteiger partial charge in [-0.2, -0.15) is 0 Å². The van der Waals surface area contributed by atoms with E-state index in [1.54, 1.807) is 12.1 Å². The fourth-order valence-electron chi connectivity index (χ4n) is 2.19. The molecule has 2 rings (SSSR count). The maximum absolute atomic E-state index is 11.7. The highest BCUT2D eigenvalue weighted by Crippen LogP contribution is 2.15. The van der Waals surface area contributed by atoms with E-state index in [0.29, 0.717) is 11.4 Å². The molecule has 1 saturated heterocycles. The topological polar surface area (TPSA) is 87.5 Å². The fraction of sp³-hybridized carbons (Fsp3) is 0.500. The van der Waals surface area contributed by atoms with Crippen LogP contribution in [0.1, 0.15) is 22.5 Å². The Labute approximate surface area is 115 Å². The lowest BCUT2D eigenvalue weighted by atomic mass is 10.2. The van der Waals surface area contributed by atoms with Gasteiger partial charge in [0.1, 0.15) is 0 Å². The number of amides is 2. The van der Waals surface area contributed by atoms with E-state index in [1.165, 1.54) is 11.3 Å². The second-order valence-electron chi connectivity index (χ2n) is 4.48. The molecule has 1 aromatic rings. The van der Waals surface area contributed by atoms with Gasteiger partial charge in [-0.25, -0.2) is 0 Å². The van der Waals surface area contributed by atoms with E-state index in [4.69, 9.17) is 5.73 Å². The van der Waals surface area contributed by atoms with Crippen LogP contribution in [0.2, 0.25) is 0 Å². The van der Waals surface area contributed by atoms with Crippen molar-refractivity contribution in [1.29, 1.82) is 0 Å². The van der Waals surface area contributed by atoms with Crippen LogP contribution in [0.4, 0.5) is 0 Å². The number of nitrogens with zero attached hydrogens (tertiary/aromatic N) is 1. The van der Waals surface area contributed by atoms with Crippen molar-refractivity contribution in [3.05, 3.63) is 22.4 Å². The summed E-state index contributed by atoms with van der Waals surface area (Å²) in [6.07, 6.45) is 2.10. The molecule has 6 nitrogen and oxygen atoms in total. The standard InChI is InChI=1S/C12H18N4O2S/c13-7-9-3-1-5-16(9)8-11(17)14-15-12(18)10-4-2-6-19-10/h2,4,6,9H,1,3,5,7-8,13H2,(H,14,17)(H,15,18). The summed E-state index contributed by atoms with van der Waals surface area (Å²) in [6.45, 7) is 1.72. The summed E-state index contributed by atoms with van der Waals surface area (Å²) in [5.74, 6) is -0.509. The zero-order chi connectivity index (χ0) is 13.7. The summed E-state index contributed by atoms with van der Waals surface area (Å²) >= 11 is 1.33. The van der Waals surface area contributed by atoms with E-state index in [9.17, 15) is 9.59 Å². The molecule has 1 atom stereocenters. The predicted molar refractivity (Wildman–Crippen MR) is 73.6 cm³/mol. The van der Waals surface area contributed by atoms with Crippen LogP contribution in [-0.4, -0.2) is 42.4 Å². The van der Waals surface area contributed by atoms with Crippen LogP contribution in [0.15, 0.2) is 17.5 Å². The molecule has 1 unspecified atom stereocenters. The van der Waals surface area contributed by atoms with Gasteiger partial charge >= 0.3 is 0 Å². The Bertz CT molecular complexity index is 435. The Balaban J connectivity index is 1.74. The van der Waals surface area contributed by atoms with Crippen molar-refractivity contribution in [2.75, 3.05) is 19.6 Å². The average molecular weight is 282 g/mol. The van der Waals surface area contributed by atoms with Crippen LogP contribution in [0.3, 0.4) is 0 Å². The van der Waals surface area contributed by atoms with Crippen molar-refractivity contribution in [2.45, 2.75) is 18.9 Å². The first-order chi connectivity index (χ1) is 9.20. The minimum atomic E-state index is -0.292. The number of hydrogen-bond acceptors (Lipinski definition) is 5. The molecule has 19 heavy (non-hydrogen) atoms. The smallest absolute Gasteiger partial charge is 0.279 e. The monoisotopic (exact) mass is 282 g/mol. The lowest BCUT2D eigenvalue weighted by Gasteiger charge is -2.22. The highest BCUT2D eigenvalue weighted by Gasteiger charge is 2.24. The summed E-state index contributed by atoms with van der Waals surface area (Å²) in [7, 11) is 0. The Hall–Kier alpha value is -1.44. The quantitative estimate of drug-likeness (QED) is 0.675. The summed E-state index contributed by atoms with van der Waals surface area (Å²) in [5, 5.41) is 1.81. The molecule has 104 valence electrons. The van der Waals surface area contributed by atoms with Crippen LogP contribution >= 0.6 is 11.3 Å². The zero-order valence-corrected chi connectivity index (χ0v) is 11.4. The largest absolute Gasteiger partial charge is 0.329 e. The van der Waals surface area contributed by atoms with Crippen molar-refractivity contribution in [1.82, 2.24) is 15.8 Å². The lowest BCUT2D eigenvalue weighted by molar-refractivity contribution is -0.123. The molecule has 7 heteroatoms. The van der Waals surface area contributed by atoms with Crippen LogP contribution in [-0.2, 0) is 4.79 Å². The Morgan fingerprint density at radius 3 is 3.00 bits per heavy atom. The van der Waals surface area contributed by atoms with Crippen LogP contribution in [0.25, 0.3) is 0 Å². The zero-order valence-electron chi connectivity index (χ0n) is 10.6. The van der Waals surface area contributed by atoms with Crippen molar-refractivity contribution >= 4 is 23.2 Å². The summed E-state index contributed by atoms with van der Waals surface area (Å²) < 4.78 is 0. The van der Waals surface area contributed by atoms with Crippen molar-refractivity contribution in [2.24, 2.45) is 5.73 Å². The molecule has 0 aliphatic carbocycles. The molecule has 0 aromatic carbocycles. The van der Waals surface area contributed by atoms with Gasteiger partial charge in [0, 0.05) is 12.6 Å². The van der Waals surface area contributed by atoms with Crippen LogP contribution in [0.5, 0.6) is 0 Å². The van der Waals surface area contributed by atoms with Gasteiger partial charge in [-0.1, -0.05) is 6.07 Å². The van der Waals surface area contributed by atoms with Gasteiger partial charge in [0.25, 0.3) is 11.8 Å². The van der Waals surface area contributed by atoms with E-state index in [0.717, 1.165) is 19.4 Å². The molecule has 1 fully saturated rings. The van der Waals surface area contributed by atoms with Crippen molar-refractivity contribution < 1.29 is 9.59 Å². The molecule has 1 aliphatic heterocycles. The maximum atomic E-state index is 11.7. The Morgan fingerprint density at radius 2 is 2.32 bits per heavy atom. The molecule has 0 radical (unpaired) electrons. The molecule has 4 N–H and O–H groups in total. The minimum Gasteiger partial charge on any atom is -0.329 e. The number of nitrogens with two attached hydrogens (primary N) is 1. The molecule has 0 saturated carbocycles. The number of carbonyl (C=O) groups is 2. The van der Waals surface area contributed by atoms with E-state index < -0.39 is 0 Å². The van der Waals surface area contributed by atoms with E-state index in [2.05, 4.69) is 10.9 Å². The normalized spacial score (nSPS) is 19.3. The van der Waals surface area contributed by atoms with E-state index in [-0.39, 0.29) is 24.4 Å². The first-order valence-electron chi connectivity index (χ1n) is 6.27. The summed E-state index contributed by atoms with van der Waals surface area (Å²) in [5.41, 5.74) is 10.5. The fourth-order valence-corrected chi connectivity index (χ4v) is 2.81. The highest BCUT2D eigenvalue weighted by molar-refractivity contribution is 7.12. The first-order valence-corrected chi connectivity index (χ1v) is 7.15. The molecule has 2 heterocycles. The van der Waals surface area contributed by atoms with Gasteiger partial charge in [-0.05, 0) is 30.8 Å². The number of thiophene rings is 1. The molecule has 0 bridgehead atoms. The molecule has 0 spiro atoms. The highest BCUT2D eigenvalue weighted by atomic mass is 32.1. The van der Waals surface area contributed by atoms with Gasteiger partial charge in [0.05, 0.1) is 11.4 Å². The second-order valence-corrected chi connectivity index (χ2v) is 5.43. The SMILES string of the molecule is NCC1CCCN1CC(=O)NNC(=O)c1cccs1. The second kappa shape index (κ2) is 6.65. The van der Waals surface area contributed by atoms with Crippen LogP contribution in [0, 0.1) is 0 Å². The molecule has 2 amide bonds. The maximum Gasteiger partial charge on any atom is 0.279 e. The molecular weight excluding hydrogens is 264 g/mol. The van der Waals surface area contributed by atoms with Gasteiger partial charge in [-0.3, -0.25) is 25.3 Å². The first kappa shape index (κ1) is 14.0. The number of hydrazine groups is 1. The Morgan fingerprint density at radius 1 is 1.47 bits per heavy atom. The van der Waals surface area contributed by atoms with Crippen molar-refractivity contribution in [3.8, 4) is 0 Å². The number of rotatable bonds is 4. The number of nitrogens with one attached hydrogen (secondary N) is 2. The van der Waals surface area contributed by atoms with Gasteiger partial charge in [-0.15, -0.1) is 11.3 Å². The Kier molecular flexibility index (Phi) is 4.89. The van der Waals surface area contributed by atoms with Gasteiger partial charge < -0.3 is 5.73 Å². The third-order valence-corrected chi connectivity index (χ3v) is 4.05. The summed E-state index contributed by atoms with van der Waals surface area (Å²) in [6, 6.07) is 3.77. The third-order valence-electron chi connectivity index (χ3n) is 3.18. The molecular formula is C12H18N4O2S. The van der Waals surface area contributed by atoms with Crippen LogP contribution < -0.4 is 16.6 Å². The predicted octanol–water partition coefficient (Wildman–Crippen LogP) is -0.0678. The third kappa shape index (κ3) is 3.76.